The molecule has 0 unspecified atom stereocenters. The Bertz CT molecular complexity index is 572. The van der Waals surface area contributed by atoms with Gasteiger partial charge >= 0.3 is 0 Å². The number of hydrogen-bond acceptors (Lipinski definition) is 1. The molecular formula is C17H16ClN. The second-order valence-electron chi connectivity index (χ2n) is 4.87. The minimum Gasteiger partial charge on any atom is -0.372 e. The van der Waals surface area contributed by atoms with Gasteiger partial charge in [0, 0.05) is 24.3 Å². The van der Waals surface area contributed by atoms with Gasteiger partial charge in [-0.15, -0.1) is 0 Å². The zero-order valence-corrected chi connectivity index (χ0v) is 11.5. The highest BCUT2D eigenvalue weighted by Crippen LogP contribution is 2.26. The van der Waals surface area contributed by atoms with Gasteiger partial charge in [-0.05, 0) is 35.3 Å². The third-order valence-corrected chi connectivity index (χ3v) is 3.70. The third-order valence-electron chi connectivity index (χ3n) is 3.45. The summed E-state index contributed by atoms with van der Waals surface area (Å²) in [5, 5.41) is 0.795. The minimum atomic E-state index is 0.795. The Morgan fingerprint density at radius 1 is 0.947 bits per heavy atom. The number of rotatable bonds is 3. The van der Waals surface area contributed by atoms with Crippen LogP contribution < -0.4 is 0 Å². The molecule has 1 aliphatic rings. The minimum absolute atomic E-state index is 0.795. The molecule has 1 heterocycles. The lowest BCUT2D eigenvalue weighted by atomic mass is 10.1. The predicted molar refractivity (Wildman–Crippen MR) is 80.9 cm³/mol. The van der Waals surface area contributed by atoms with E-state index in [1.165, 1.54) is 16.7 Å². The van der Waals surface area contributed by atoms with Crippen molar-refractivity contribution in [3.8, 4) is 0 Å². The molecule has 0 saturated heterocycles. The van der Waals surface area contributed by atoms with Gasteiger partial charge in [0.2, 0.25) is 0 Å². The van der Waals surface area contributed by atoms with E-state index in [2.05, 4.69) is 53.6 Å². The number of nitrogens with zero attached hydrogens (tertiary/aromatic N) is 1. The maximum absolute atomic E-state index is 5.92. The van der Waals surface area contributed by atoms with Gasteiger partial charge in [-0.1, -0.05) is 54.1 Å². The summed E-state index contributed by atoms with van der Waals surface area (Å²) in [7, 11) is 0. The molecule has 2 aromatic carbocycles. The smallest absolute Gasteiger partial charge is 0.0424 e. The SMILES string of the molecule is Clc1ccc(C2=CN(Cc3ccccc3)CC2)cc1. The van der Waals surface area contributed by atoms with Crippen LogP contribution in [0.25, 0.3) is 5.57 Å². The van der Waals surface area contributed by atoms with Gasteiger partial charge in [-0.25, -0.2) is 0 Å². The molecular weight excluding hydrogens is 254 g/mol. The summed E-state index contributed by atoms with van der Waals surface area (Å²) in [5.41, 5.74) is 4.03. The molecule has 2 heteroatoms. The van der Waals surface area contributed by atoms with E-state index in [0.717, 1.165) is 24.5 Å². The molecule has 0 fully saturated rings. The Morgan fingerprint density at radius 3 is 2.42 bits per heavy atom. The molecule has 0 saturated carbocycles. The van der Waals surface area contributed by atoms with Crippen LogP contribution in [0.3, 0.4) is 0 Å². The average molecular weight is 270 g/mol. The zero-order valence-electron chi connectivity index (χ0n) is 10.7. The zero-order chi connectivity index (χ0) is 13.1. The molecule has 0 amide bonds. The Hall–Kier alpha value is -1.73. The van der Waals surface area contributed by atoms with Crippen LogP contribution in [-0.2, 0) is 6.54 Å². The molecule has 96 valence electrons. The second kappa shape index (κ2) is 5.50. The third kappa shape index (κ3) is 2.99. The van der Waals surface area contributed by atoms with Crippen LogP contribution in [0.4, 0.5) is 0 Å². The summed E-state index contributed by atoms with van der Waals surface area (Å²) in [4.78, 5) is 2.37. The monoisotopic (exact) mass is 269 g/mol. The van der Waals surface area contributed by atoms with Crippen molar-refractivity contribution in [2.24, 2.45) is 0 Å². The van der Waals surface area contributed by atoms with E-state index < -0.39 is 0 Å². The molecule has 0 aliphatic carbocycles. The molecule has 0 bridgehead atoms. The van der Waals surface area contributed by atoms with E-state index in [0.29, 0.717) is 0 Å². The molecule has 0 atom stereocenters. The predicted octanol–water partition coefficient (Wildman–Crippen LogP) is 4.59. The van der Waals surface area contributed by atoms with Crippen molar-refractivity contribution in [1.82, 2.24) is 4.90 Å². The van der Waals surface area contributed by atoms with Gasteiger partial charge in [0.1, 0.15) is 0 Å². The van der Waals surface area contributed by atoms with Crippen LogP contribution in [0.1, 0.15) is 17.5 Å². The van der Waals surface area contributed by atoms with E-state index >= 15 is 0 Å². The topological polar surface area (TPSA) is 3.24 Å². The van der Waals surface area contributed by atoms with Gasteiger partial charge < -0.3 is 4.90 Å². The number of hydrogen-bond donors (Lipinski definition) is 0. The Balaban J connectivity index is 1.72. The normalized spacial score (nSPS) is 14.6. The van der Waals surface area contributed by atoms with E-state index in [1.54, 1.807) is 0 Å². The first-order valence-corrected chi connectivity index (χ1v) is 6.94. The standard InChI is InChI=1S/C17H16ClN/c18-17-8-6-15(7-9-17)16-10-11-19(13-16)12-14-4-2-1-3-5-14/h1-9,13H,10-12H2. The first-order valence-electron chi connectivity index (χ1n) is 6.56. The van der Waals surface area contributed by atoms with Crippen molar-refractivity contribution in [2.75, 3.05) is 6.54 Å². The van der Waals surface area contributed by atoms with Crippen LogP contribution in [0, 0.1) is 0 Å². The quantitative estimate of drug-likeness (QED) is 0.788. The second-order valence-corrected chi connectivity index (χ2v) is 5.30. The van der Waals surface area contributed by atoms with E-state index in [1.807, 2.05) is 12.1 Å². The summed E-state index contributed by atoms with van der Waals surface area (Å²) in [6, 6.07) is 18.7. The highest BCUT2D eigenvalue weighted by atomic mass is 35.5. The van der Waals surface area contributed by atoms with Crippen LogP contribution in [0.5, 0.6) is 0 Å². The van der Waals surface area contributed by atoms with Crippen molar-refractivity contribution in [1.29, 1.82) is 0 Å². The molecule has 19 heavy (non-hydrogen) atoms. The molecule has 1 aliphatic heterocycles. The van der Waals surface area contributed by atoms with E-state index in [-0.39, 0.29) is 0 Å². The van der Waals surface area contributed by atoms with Crippen molar-refractivity contribution in [2.45, 2.75) is 13.0 Å². The molecule has 0 radical (unpaired) electrons. The highest BCUT2D eigenvalue weighted by Gasteiger charge is 2.13. The summed E-state index contributed by atoms with van der Waals surface area (Å²) < 4.78 is 0. The van der Waals surface area contributed by atoms with Gasteiger partial charge in [-0.2, -0.15) is 0 Å². The van der Waals surface area contributed by atoms with Gasteiger partial charge in [-0.3, -0.25) is 0 Å². The largest absolute Gasteiger partial charge is 0.372 e. The van der Waals surface area contributed by atoms with Gasteiger partial charge in [0.25, 0.3) is 0 Å². The summed E-state index contributed by atoms with van der Waals surface area (Å²) in [5.74, 6) is 0. The van der Waals surface area contributed by atoms with E-state index in [4.69, 9.17) is 11.6 Å². The van der Waals surface area contributed by atoms with Crippen LogP contribution >= 0.6 is 11.6 Å². The van der Waals surface area contributed by atoms with E-state index in [9.17, 15) is 0 Å². The first-order chi connectivity index (χ1) is 9.31. The fraction of sp³-hybridized carbons (Fsp3) is 0.176. The Labute approximate surface area is 119 Å². The maximum Gasteiger partial charge on any atom is 0.0424 e. The Kier molecular flexibility index (Phi) is 3.56. The molecule has 0 aromatic heterocycles. The van der Waals surface area contributed by atoms with Gasteiger partial charge in [0.05, 0.1) is 0 Å². The average Bonchev–Trinajstić information content (AvgIpc) is 2.89. The van der Waals surface area contributed by atoms with Gasteiger partial charge in [0.15, 0.2) is 0 Å². The molecule has 1 nitrogen and oxygen atoms in total. The van der Waals surface area contributed by atoms with Crippen LogP contribution in [-0.4, -0.2) is 11.4 Å². The lowest BCUT2D eigenvalue weighted by Gasteiger charge is -2.14. The fourth-order valence-corrected chi connectivity index (χ4v) is 2.56. The summed E-state index contributed by atoms with van der Waals surface area (Å²) >= 11 is 5.92. The van der Waals surface area contributed by atoms with Crippen molar-refractivity contribution < 1.29 is 0 Å². The molecule has 0 N–H and O–H groups in total. The summed E-state index contributed by atoms with van der Waals surface area (Å²) in [6.07, 6.45) is 3.38. The Morgan fingerprint density at radius 2 is 1.68 bits per heavy atom. The number of benzene rings is 2. The maximum atomic E-state index is 5.92. The fourth-order valence-electron chi connectivity index (χ4n) is 2.44. The molecule has 3 rings (SSSR count). The van der Waals surface area contributed by atoms with Crippen LogP contribution in [0.2, 0.25) is 5.02 Å². The van der Waals surface area contributed by atoms with Crippen molar-refractivity contribution >= 4 is 17.2 Å². The lowest BCUT2D eigenvalue weighted by molar-refractivity contribution is 0.400. The highest BCUT2D eigenvalue weighted by molar-refractivity contribution is 6.30. The first kappa shape index (κ1) is 12.3. The van der Waals surface area contributed by atoms with Crippen molar-refractivity contribution in [3.05, 3.63) is 76.9 Å². The number of halogens is 1. The van der Waals surface area contributed by atoms with Crippen LogP contribution in [0.15, 0.2) is 60.8 Å². The lowest BCUT2D eigenvalue weighted by Crippen LogP contribution is -2.13. The van der Waals surface area contributed by atoms with Crippen molar-refractivity contribution in [3.63, 3.8) is 0 Å². The molecule has 2 aromatic rings. The molecule has 0 spiro atoms. The summed E-state index contributed by atoms with van der Waals surface area (Å²) in [6.45, 7) is 2.07.